The summed E-state index contributed by atoms with van der Waals surface area (Å²) in [7, 11) is 0. The summed E-state index contributed by atoms with van der Waals surface area (Å²) in [5, 5.41) is 12.8. The number of aromatic nitrogens is 3. The van der Waals surface area contributed by atoms with Crippen molar-refractivity contribution in [2.75, 3.05) is 6.54 Å². The molecule has 1 aromatic carbocycles. The van der Waals surface area contributed by atoms with E-state index in [0.717, 1.165) is 30.4 Å². The third-order valence-electron chi connectivity index (χ3n) is 3.13. The highest BCUT2D eigenvalue weighted by Crippen LogP contribution is 2.27. The van der Waals surface area contributed by atoms with Crippen molar-refractivity contribution in [3.05, 3.63) is 40.1 Å². The average Bonchev–Trinajstić information content (AvgIpc) is 3.07. The van der Waals surface area contributed by atoms with E-state index in [-0.39, 0.29) is 0 Å². The van der Waals surface area contributed by atoms with Crippen LogP contribution in [0.5, 0.6) is 0 Å². The van der Waals surface area contributed by atoms with Crippen LogP contribution in [-0.4, -0.2) is 21.5 Å². The highest BCUT2D eigenvalue weighted by atomic mass is 35.5. The minimum atomic E-state index is 0.565. The van der Waals surface area contributed by atoms with Crippen LogP contribution in [0.4, 0.5) is 0 Å². The van der Waals surface area contributed by atoms with E-state index < -0.39 is 0 Å². The quantitative estimate of drug-likeness (QED) is 0.922. The Hall–Kier alpha value is -1.10. The number of rotatable bonds is 5. The number of benzene rings is 1. The second-order valence-corrected chi connectivity index (χ2v) is 5.67. The van der Waals surface area contributed by atoms with Gasteiger partial charge in [0.1, 0.15) is 0 Å². The molecule has 6 heteroatoms. The molecular formula is C13H14Cl2N4. The molecule has 1 aromatic heterocycles. The Bertz CT molecular complexity index is 578. The van der Waals surface area contributed by atoms with Crippen LogP contribution in [-0.2, 0) is 6.54 Å². The molecule has 0 spiro atoms. The minimum absolute atomic E-state index is 0.565. The Morgan fingerprint density at radius 1 is 1.32 bits per heavy atom. The maximum atomic E-state index is 6.14. The SMILES string of the molecule is Clc1ccc(-n2cc(CNCC3CC3)nn2)c(Cl)c1. The molecule has 3 rings (SSSR count). The lowest BCUT2D eigenvalue weighted by Crippen LogP contribution is -2.16. The van der Waals surface area contributed by atoms with Crippen LogP contribution in [0.3, 0.4) is 0 Å². The van der Waals surface area contributed by atoms with Gasteiger partial charge in [0.2, 0.25) is 0 Å². The van der Waals surface area contributed by atoms with E-state index in [1.54, 1.807) is 16.8 Å². The first kappa shape index (κ1) is 12.9. The van der Waals surface area contributed by atoms with E-state index in [9.17, 15) is 0 Å². The molecule has 100 valence electrons. The van der Waals surface area contributed by atoms with Crippen molar-refractivity contribution in [2.24, 2.45) is 5.92 Å². The van der Waals surface area contributed by atoms with E-state index in [2.05, 4.69) is 15.6 Å². The molecule has 0 radical (unpaired) electrons. The van der Waals surface area contributed by atoms with Crippen LogP contribution >= 0.6 is 23.2 Å². The topological polar surface area (TPSA) is 42.7 Å². The molecule has 1 heterocycles. The van der Waals surface area contributed by atoms with E-state index >= 15 is 0 Å². The smallest absolute Gasteiger partial charge is 0.0969 e. The van der Waals surface area contributed by atoms with Crippen molar-refractivity contribution >= 4 is 23.2 Å². The Morgan fingerprint density at radius 2 is 2.16 bits per heavy atom. The van der Waals surface area contributed by atoms with E-state index in [1.807, 2.05) is 12.3 Å². The monoisotopic (exact) mass is 296 g/mol. The van der Waals surface area contributed by atoms with Gasteiger partial charge in [0, 0.05) is 11.6 Å². The number of hydrogen-bond acceptors (Lipinski definition) is 3. The normalized spacial score (nSPS) is 14.8. The summed E-state index contributed by atoms with van der Waals surface area (Å²) in [6.07, 6.45) is 4.58. The van der Waals surface area contributed by atoms with Crippen LogP contribution in [0.25, 0.3) is 5.69 Å². The summed E-state index contributed by atoms with van der Waals surface area (Å²) >= 11 is 12.0. The standard InChI is InChI=1S/C13H14Cl2N4/c14-10-3-4-13(12(15)5-10)19-8-11(17-18-19)7-16-6-9-1-2-9/h3-5,8-9,16H,1-2,6-7H2. The molecule has 1 fully saturated rings. The van der Waals surface area contributed by atoms with Gasteiger partial charge >= 0.3 is 0 Å². The van der Waals surface area contributed by atoms with Crippen molar-refractivity contribution in [2.45, 2.75) is 19.4 Å². The van der Waals surface area contributed by atoms with E-state index in [0.29, 0.717) is 10.0 Å². The van der Waals surface area contributed by atoms with Gasteiger partial charge in [-0.3, -0.25) is 0 Å². The summed E-state index contributed by atoms with van der Waals surface area (Å²) in [5.74, 6) is 0.862. The largest absolute Gasteiger partial charge is 0.311 e. The van der Waals surface area contributed by atoms with Gasteiger partial charge in [-0.25, -0.2) is 4.68 Å². The fourth-order valence-corrected chi connectivity index (χ4v) is 2.39. The van der Waals surface area contributed by atoms with Crippen LogP contribution < -0.4 is 5.32 Å². The van der Waals surface area contributed by atoms with Gasteiger partial charge in [-0.1, -0.05) is 28.4 Å². The van der Waals surface area contributed by atoms with Crippen LogP contribution in [0.1, 0.15) is 18.5 Å². The van der Waals surface area contributed by atoms with Gasteiger partial charge in [-0.2, -0.15) is 0 Å². The third-order valence-corrected chi connectivity index (χ3v) is 3.67. The molecule has 2 aromatic rings. The number of halogens is 2. The van der Waals surface area contributed by atoms with Gasteiger partial charge in [-0.05, 0) is 43.5 Å². The highest BCUT2D eigenvalue weighted by Gasteiger charge is 2.20. The summed E-state index contributed by atoms with van der Waals surface area (Å²) in [4.78, 5) is 0. The zero-order valence-corrected chi connectivity index (χ0v) is 11.8. The predicted molar refractivity (Wildman–Crippen MR) is 75.8 cm³/mol. The number of nitrogens with one attached hydrogen (secondary N) is 1. The lowest BCUT2D eigenvalue weighted by Gasteiger charge is -2.03. The van der Waals surface area contributed by atoms with Gasteiger partial charge in [0.25, 0.3) is 0 Å². The van der Waals surface area contributed by atoms with Crippen molar-refractivity contribution in [1.82, 2.24) is 20.3 Å². The maximum absolute atomic E-state index is 6.14. The molecule has 1 aliphatic carbocycles. The summed E-state index contributed by atoms with van der Waals surface area (Å²) in [5.41, 5.74) is 1.69. The van der Waals surface area contributed by atoms with E-state index in [4.69, 9.17) is 23.2 Å². The Balaban J connectivity index is 1.68. The van der Waals surface area contributed by atoms with Crippen molar-refractivity contribution < 1.29 is 0 Å². The second kappa shape index (κ2) is 5.49. The van der Waals surface area contributed by atoms with Gasteiger partial charge < -0.3 is 5.32 Å². The summed E-state index contributed by atoms with van der Waals surface area (Å²) < 4.78 is 1.67. The Kier molecular flexibility index (Phi) is 3.73. The summed E-state index contributed by atoms with van der Waals surface area (Å²) in [6, 6.07) is 5.32. The van der Waals surface area contributed by atoms with E-state index in [1.165, 1.54) is 12.8 Å². The van der Waals surface area contributed by atoms with Gasteiger partial charge in [-0.15, -0.1) is 5.10 Å². The summed E-state index contributed by atoms with van der Waals surface area (Å²) in [6.45, 7) is 1.80. The second-order valence-electron chi connectivity index (χ2n) is 4.82. The van der Waals surface area contributed by atoms with Gasteiger partial charge in [0.05, 0.1) is 22.6 Å². The molecule has 0 unspecified atom stereocenters. The van der Waals surface area contributed by atoms with Crippen LogP contribution in [0.15, 0.2) is 24.4 Å². The first-order chi connectivity index (χ1) is 9.22. The molecule has 1 saturated carbocycles. The fraction of sp³-hybridized carbons (Fsp3) is 0.385. The first-order valence-corrected chi connectivity index (χ1v) is 7.05. The average molecular weight is 297 g/mol. The predicted octanol–water partition coefficient (Wildman–Crippen LogP) is 3.07. The zero-order valence-electron chi connectivity index (χ0n) is 10.3. The highest BCUT2D eigenvalue weighted by molar-refractivity contribution is 6.35. The third kappa shape index (κ3) is 3.26. The fourth-order valence-electron chi connectivity index (χ4n) is 1.89. The van der Waals surface area contributed by atoms with Crippen LogP contribution in [0, 0.1) is 5.92 Å². The van der Waals surface area contributed by atoms with Crippen molar-refractivity contribution in [1.29, 1.82) is 0 Å². The minimum Gasteiger partial charge on any atom is -0.311 e. The molecule has 0 bridgehead atoms. The molecule has 1 aliphatic rings. The molecule has 0 atom stereocenters. The first-order valence-electron chi connectivity index (χ1n) is 6.30. The molecule has 0 saturated heterocycles. The molecule has 0 amide bonds. The Labute approximate surface area is 121 Å². The van der Waals surface area contributed by atoms with Crippen molar-refractivity contribution in [3.8, 4) is 5.69 Å². The molecule has 19 heavy (non-hydrogen) atoms. The van der Waals surface area contributed by atoms with Crippen molar-refractivity contribution in [3.63, 3.8) is 0 Å². The lowest BCUT2D eigenvalue weighted by molar-refractivity contribution is 0.628. The molecule has 0 aliphatic heterocycles. The van der Waals surface area contributed by atoms with Crippen LogP contribution in [0.2, 0.25) is 10.0 Å². The molecular weight excluding hydrogens is 283 g/mol. The maximum Gasteiger partial charge on any atom is 0.0969 e. The number of nitrogens with zero attached hydrogens (tertiary/aromatic N) is 3. The number of hydrogen-bond donors (Lipinski definition) is 1. The molecule has 1 N–H and O–H groups in total. The Morgan fingerprint density at radius 3 is 2.89 bits per heavy atom. The lowest BCUT2D eigenvalue weighted by atomic mass is 10.3. The van der Waals surface area contributed by atoms with Gasteiger partial charge in [0.15, 0.2) is 0 Å². The molecule has 4 nitrogen and oxygen atoms in total. The zero-order chi connectivity index (χ0) is 13.2.